The van der Waals surface area contributed by atoms with Gasteiger partial charge in [-0.2, -0.15) is 0 Å². The van der Waals surface area contributed by atoms with E-state index in [9.17, 15) is 4.79 Å². The molecule has 1 aromatic heterocycles. The predicted molar refractivity (Wildman–Crippen MR) is 51.7 cm³/mol. The Morgan fingerprint density at radius 3 is 3.15 bits per heavy atom. The van der Waals surface area contributed by atoms with E-state index in [1.807, 2.05) is 0 Å². The molecule has 0 aromatic carbocycles. The summed E-state index contributed by atoms with van der Waals surface area (Å²) in [6.45, 7) is 0.533. The normalized spacial score (nSPS) is 21.8. The highest BCUT2D eigenvalue weighted by molar-refractivity contribution is 8.02. The van der Waals surface area contributed by atoms with Crippen molar-refractivity contribution in [2.24, 2.45) is 0 Å². The molecule has 0 bridgehead atoms. The topological polar surface area (TPSA) is 65.2 Å². The second-order valence-electron chi connectivity index (χ2n) is 2.58. The van der Waals surface area contributed by atoms with Gasteiger partial charge in [0.05, 0.1) is 17.0 Å². The van der Waals surface area contributed by atoms with Crippen molar-refractivity contribution in [3.63, 3.8) is 0 Å². The summed E-state index contributed by atoms with van der Waals surface area (Å²) in [7, 11) is 0. The van der Waals surface area contributed by atoms with Crippen LogP contribution in [0.2, 0.25) is 0 Å². The van der Waals surface area contributed by atoms with E-state index in [0.29, 0.717) is 11.7 Å². The first-order chi connectivity index (χ1) is 6.25. The Kier molecular flexibility index (Phi) is 2.41. The molecule has 0 aliphatic carbocycles. The highest BCUT2D eigenvalue weighted by Crippen LogP contribution is 2.33. The highest BCUT2D eigenvalue weighted by atomic mass is 32.2. The van der Waals surface area contributed by atoms with Crippen LogP contribution in [0, 0.1) is 0 Å². The SMILES string of the molecule is Nc1ncc(SC2CCOC2=O)s1. The summed E-state index contributed by atoms with van der Waals surface area (Å²) in [5, 5.41) is 0.466. The Hall–Kier alpha value is -0.750. The average molecular weight is 216 g/mol. The summed E-state index contributed by atoms with van der Waals surface area (Å²) in [4.78, 5) is 15.0. The van der Waals surface area contributed by atoms with Crippen molar-refractivity contribution in [3.05, 3.63) is 6.20 Å². The lowest BCUT2D eigenvalue weighted by Crippen LogP contribution is -2.08. The number of aromatic nitrogens is 1. The molecule has 70 valence electrons. The molecule has 1 aliphatic heterocycles. The Morgan fingerprint density at radius 2 is 2.62 bits per heavy atom. The summed E-state index contributed by atoms with van der Waals surface area (Å²) >= 11 is 2.88. The highest BCUT2D eigenvalue weighted by Gasteiger charge is 2.27. The quantitative estimate of drug-likeness (QED) is 0.751. The second kappa shape index (κ2) is 3.55. The van der Waals surface area contributed by atoms with Crippen LogP contribution < -0.4 is 5.73 Å². The summed E-state index contributed by atoms with van der Waals surface area (Å²) in [5.74, 6) is -0.128. The maximum absolute atomic E-state index is 11.1. The van der Waals surface area contributed by atoms with Crippen LogP contribution in [0.1, 0.15) is 6.42 Å². The lowest BCUT2D eigenvalue weighted by atomic mass is 10.4. The first-order valence-electron chi connectivity index (χ1n) is 3.80. The number of thiazole rings is 1. The van der Waals surface area contributed by atoms with E-state index in [2.05, 4.69) is 4.98 Å². The fourth-order valence-electron chi connectivity index (χ4n) is 1.05. The zero-order chi connectivity index (χ0) is 9.26. The van der Waals surface area contributed by atoms with Crippen LogP contribution in [-0.4, -0.2) is 22.8 Å². The molecule has 1 fully saturated rings. The number of ether oxygens (including phenoxy) is 1. The number of nitrogens with two attached hydrogens (primary N) is 1. The number of anilines is 1. The maximum Gasteiger partial charge on any atom is 0.319 e. The monoisotopic (exact) mass is 216 g/mol. The molecule has 1 unspecified atom stereocenters. The van der Waals surface area contributed by atoms with Crippen LogP contribution in [0.5, 0.6) is 0 Å². The lowest BCUT2D eigenvalue weighted by molar-refractivity contribution is -0.137. The number of nitrogens with zero attached hydrogens (tertiary/aromatic N) is 1. The summed E-state index contributed by atoms with van der Waals surface area (Å²) in [5.41, 5.74) is 5.47. The van der Waals surface area contributed by atoms with Crippen LogP contribution in [0.3, 0.4) is 0 Å². The average Bonchev–Trinajstić information content (AvgIpc) is 2.64. The first kappa shape index (κ1) is 8.83. The van der Waals surface area contributed by atoms with Crippen molar-refractivity contribution in [1.29, 1.82) is 0 Å². The van der Waals surface area contributed by atoms with Gasteiger partial charge in [0, 0.05) is 6.42 Å². The molecule has 1 saturated heterocycles. The molecule has 2 rings (SSSR count). The number of esters is 1. The first-order valence-corrected chi connectivity index (χ1v) is 5.50. The summed E-state index contributed by atoms with van der Waals surface area (Å²) < 4.78 is 5.81. The van der Waals surface area contributed by atoms with E-state index in [1.165, 1.54) is 23.1 Å². The summed E-state index contributed by atoms with van der Waals surface area (Å²) in [6, 6.07) is 0. The van der Waals surface area contributed by atoms with Crippen LogP contribution in [0.25, 0.3) is 0 Å². The molecular weight excluding hydrogens is 208 g/mol. The van der Waals surface area contributed by atoms with Gasteiger partial charge in [0.15, 0.2) is 5.13 Å². The van der Waals surface area contributed by atoms with Gasteiger partial charge in [-0.15, -0.1) is 0 Å². The minimum absolute atomic E-state index is 0.0696. The van der Waals surface area contributed by atoms with Crippen LogP contribution in [0.15, 0.2) is 10.4 Å². The molecule has 1 atom stereocenters. The lowest BCUT2D eigenvalue weighted by Gasteiger charge is -2.00. The second-order valence-corrected chi connectivity index (χ2v) is 5.15. The van der Waals surface area contributed by atoms with Crippen molar-refractivity contribution < 1.29 is 9.53 Å². The number of nitrogen functional groups attached to an aromatic ring is 1. The number of rotatable bonds is 2. The molecule has 1 aliphatic rings. The summed E-state index contributed by atoms with van der Waals surface area (Å²) in [6.07, 6.45) is 2.47. The molecule has 13 heavy (non-hydrogen) atoms. The van der Waals surface area contributed by atoms with Gasteiger partial charge in [-0.1, -0.05) is 23.1 Å². The molecule has 0 spiro atoms. The zero-order valence-corrected chi connectivity index (χ0v) is 8.36. The number of carbonyl (C=O) groups excluding carboxylic acids is 1. The third-order valence-corrected chi connectivity index (χ3v) is 3.86. The molecule has 0 amide bonds. The number of hydrogen-bond acceptors (Lipinski definition) is 6. The number of carbonyl (C=O) groups is 1. The van der Waals surface area contributed by atoms with Crippen molar-refractivity contribution in [2.45, 2.75) is 15.9 Å². The van der Waals surface area contributed by atoms with E-state index in [-0.39, 0.29) is 11.2 Å². The van der Waals surface area contributed by atoms with E-state index < -0.39 is 0 Å². The number of hydrogen-bond donors (Lipinski definition) is 1. The minimum Gasteiger partial charge on any atom is -0.465 e. The van der Waals surface area contributed by atoms with Crippen molar-refractivity contribution in [1.82, 2.24) is 4.98 Å². The van der Waals surface area contributed by atoms with Crippen molar-refractivity contribution in [2.75, 3.05) is 12.3 Å². The molecule has 4 nitrogen and oxygen atoms in total. The van der Waals surface area contributed by atoms with Gasteiger partial charge >= 0.3 is 5.97 Å². The maximum atomic E-state index is 11.1. The molecule has 0 saturated carbocycles. The van der Waals surface area contributed by atoms with E-state index in [0.717, 1.165) is 10.6 Å². The van der Waals surface area contributed by atoms with Crippen molar-refractivity contribution in [3.8, 4) is 0 Å². The van der Waals surface area contributed by atoms with Gasteiger partial charge in [-0.05, 0) is 0 Å². The van der Waals surface area contributed by atoms with Crippen LogP contribution >= 0.6 is 23.1 Å². The Balaban J connectivity index is 2.01. The van der Waals surface area contributed by atoms with Gasteiger partial charge in [0.2, 0.25) is 0 Å². The molecular formula is C7H8N2O2S2. The molecule has 1 aromatic rings. The molecule has 0 radical (unpaired) electrons. The largest absolute Gasteiger partial charge is 0.465 e. The molecule has 6 heteroatoms. The fraction of sp³-hybridized carbons (Fsp3) is 0.429. The van der Waals surface area contributed by atoms with Gasteiger partial charge in [0.25, 0.3) is 0 Å². The van der Waals surface area contributed by atoms with Crippen LogP contribution in [0.4, 0.5) is 5.13 Å². The zero-order valence-electron chi connectivity index (χ0n) is 6.73. The van der Waals surface area contributed by atoms with E-state index in [1.54, 1.807) is 6.20 Å². The molecule has 2 N–H and O–H groups in total. The molecule has 2 heterocycles. The van der Waals surface area contributed by atoms with Gasteiger partial charge in [0.1, 0.15) is 5.25 Å². The predicted octanol–water partition coefficient (Wildman–Crippen LogP) is 1.13. The van der Waals surface area contributed by atoms with Gasteiger partial charge in [-0.3, -0.25) is 4.79 Å². The third kappa shape index (κ3) is 1.94. The minimum atomic E-state index is -0.128. The Labute approximate surface area is 83.5 Å². The van der Waals surface area contributed by atoms with Gasteiger partial charge in [-0.25, -0.2) is 4.98 Å². The Bertz CT molecular complexity index is 326. The van der Waals surface area contributed by atoms with Gasteiger partial charge < -0.3 is 10.5 Å². The van der Waals surface area contributed by atoms with E-state index in [4.69, 9.17) is 10.5 Å². The van der Waals surface area contributed by atoms with Crippen LogP contribution in [-0.2, 0) is 9.53 Å². The number of cyclic esters (lactones) is 1. The fourth-order valence-corrected chi connectivity index (χ4v) is 3.04. The smallest absolute Gasteiger partial charge is 0.319 e. The van der Waals surface area contributed by atoms with Crippen molar-refractivity contribution >= 4 is 34.2 Å². The standard InChI is InChI=1S/C7H8N2O2S2/c8-7-9-3-5(13-7)12-4-1-2-11-6(4)10/h3-4H,1-2H2,(H2,8,9). The number of thioether (sulfide) groups is 1. The third-order valence-electron chi connectivity index (χ3n) is 1.65. The Morgan fingerprint density at radius 1 is 1.77 bits per heavy atom. The van der Waals surface area contributed by atoms with E-state index >= 15 is 0 Å².